The Morgan fingerprint density at radius 2 is 0.763 bits per heavy atom. The normalized spacial score (nSPS) is 11.0. The van der Waals surface area contributed by atoms with Gasteiger partial charge in [0.15, 0.2) is 11.6 Å². The summed E-state index contributed by atoms with van der Waals surface area (Å²) in [4.78, 5) is 20.8. The second-order valence-electron chi connectivity index (χ2n) is 14.1. The number of hydrogen-bond acceptors (Lipinski definition) is 6. The fourth-order valence-electron chi connectivity index (χ4n) is 7.65. The van der Waals surface area contributed by atoms with Gasteiger partial charge in [-0.2, -0.15) is 10.5 Å². The van der Waals surface area contributed by atoms with Crippen molar-refractivity contribution in [3.05, 3.63) is 199 Å². The number of hydrogen-bond donors (Lipinski definition) is 0. The van der Waals surface area contributed by atoms with Gasteiger partial charge >= 0.3 is 0 Å². The lowest BCUT2D eigenvalue weighted by Crippen LogP contribution is -2.02. The zero-order valence-corrected chi connectivity index (χ0v) is 31.5. The van der Waals surface area contributed by atoms with E-state index in [0.29, 0.717) is 28.5 Å². The van der Waals surface area contributed by atoms with Crippen molar-refractivity contribution in [3.8, 4) is 85.6 Å². The molecule has 0 unspecified atom stereocenters. The lowest BCUT2D eigenvalue weighted by molar-refractivity contribution is 1.14. The summed E-state index contributed by atoms with van der Waals surface area (Å²) >= 11 is 0. The molecule has 0 radical (unpaired) electrons. The van der Waals surface area contributed by atoms with Crippen molar-refractivity contribution < 1.29 is 0 Å². The highest BCUT2D eigenvalue weighted by Crippen LogP contribution is 2.40. The molecule has 3 heterocycles. The van der Waals surface area contributed by atoms with Crippen LogP contribution in [0.3, 0.4) is 0 Å². The van der Waals surface area contributed by atoms with Gasteiger partial charge < -0.3 is 4.57 Å². The molecule has 0 aliphatic heterocycles. The third kappa shape index (κ3) is 6.55. The first-order valence-electron chi connectivity index (χ1n) is 19.2. The van der Waals surface area contributed by atoms with Crippen molar-refractivity contribution in [2.24, 2.45) is 0 Å². The van der Waals surface area contributed by atoms with Crippen LogP contribution >= 0.6 is 0 Å². The van der Waals surface area contributed by atoms with Crippen molar-refractivity contribution in [3.63, 3.8) is 0 Å². The lowest BCUT2D eigenvalue weighted by atomic mass is 10.0. The third-order valence-electron chi connectivity index (χ3n) is 10.5. The predicted molar refractivity (Wildman–Crippen MR) is 234 cm³/mol. The van der Waals surface area contributed by atoms with Crippen LogP contribution in [0, 0.1) is 22.7 Å². The van der Waals surface area contributed by atoms with E-state index in [4.69, 9.17) is 19.9 Å². The maximum Gasteiger partial charge on any atom is 0.160 e. The summed E-state index contributed by atoms with van der Waals surface area (Å²) in [5.41, 5.74) is 12.2. The molecule has 3 aromatic heterocycles. The number of rotatable bonds is 7. The van der Waals surface area contributed by atoms with E-state index in [9.17, 15) is 10.5 Å². The van der Waals surface area contributed by atoms with Crippen LogP contribution in [0.2, 0.25) is 0 Å². The van der Waals surface area contributed by atoms with Gasteiger partial charge in [-0.3, -0.25) is 0 Å². The van der Waals surface area contributed by atoms with Gasteiger partial charge in [0.25, 0.3) is 0 Å². The molecule has 0 spiro atoms. The maximum absolute atomic E-state index is 9.91. The zero-order chi connectivity index (χ0) is 39.7. The molecule has 59 heavy (non-hydrogen) atoms. The fourth-order valence-corrected chi connectivity index (χ4v) is 7.65. The SMILES string of the molecule is N#Cc1ccc2c(c1)c1cc(C#N)ccc1n2-c1ccc(-c2nc(-c3ccccc3)cc(-c3ccccc3)n2)cc1-c1cc(-c2ccccc2)nc(-c2ccccc2)n1. The maximum atomic E-state index is 9.91. The van der Waals surface area contributed by atoms with Crippen LogP contribution in [0.5, 0.6) is 0 Å². The summed E-state index contributed by atoms with van der Waals surface area (Å²) in [5, 5.41) is 21.6. The highest BCUT2D eigenvalue weighted by atomic mass is 15.0. The van der Waals surface area contributed by atoms with Crippen molar-refractivity contribution in [1.29, 1.82) is 10.5 Å². The molecular formula is C52H31N7. The van der Waals surface area contributed by atoms with Crippen molar-refractivity contribution in [2.75, 3.05) is 0 Å². The van der Waals surface area contributed by atoms with Crippen LogP contribution in [0.15, 0.2) is 188 Å². The van der Waals surface area contributed by atoms with Crippen LogP contribution < -0.4 is 0 Å². The highest BCUT2D eigenvalue weighted by Gasteiger charge is 2.21. The molecule has 0 saturated heterocycles. The predicted octanol–water partition coefficient (Wildman–Crippen LogP) is 12.1. The first-order valence-corrected chi connectivity index (χ1v) is 19.2. The smallest absolute Gasteiger partial charge is 0.160 e. The molecule has 274 valence electrons. The van der Waals surface area contributed by atoms with E-state index < -0.39 is 0 Å². The van der Waals surface area contributed by atoms with Crippen LogP contribution in [-0.2, 0) is 0 Å². The van der Waals surface area contributed by atoms with Crippen molar-refractivity contribution in [1.82, 2.24) is 24.5 Å². The molecule has 0 aliphatic rings. The second kappa shape index (κ2) is 14.9. The van der Waals surface area contributed by atoms with Gasteiger partial charge in [0.05, 0.1) is 62.8 Å². The second-order valence-corrected chi connectivity index (χ2v) is 14.1. The molecule has 0 amide bonds. The quantitative estimate of drug-likeness (QED) is 0.160. The van der Waals surface area contributed by atoms with E-state index in [-0.39, 0.29) is 0 Å². The molecule has 0 atom stereocenters. The number of aromatic nitrogens is 5. The number of benzene rings is 7. The Balaban J connectivity index is 1.28. The summed E-state index contributed by atoms with van der Waals surface area (Å²) in [6, 6.07) is 66.7. The van der Waals surface area contributed by atoms with E-state index in [0.717, 1.165) is 78.0 Å². The molecule has 0 N–H and O–H groups in total. The molecule has 0 aliphatic carbocycles. The Bertz CT molecular complexity index is 3090. The molecule has 10 aromatic rings. The van der Waals surface area contributed by atoms with E-state index in [2.05, 4.69) is 71.3 Å². The van der Waals surface area contributed by atoms with Gasteiger partial charge in [-0.15, -0.1) is 0 Å². The van der Waals surface area contributed by atoms with Gasteiger partial charge in [-0.05, 0) is 66.7 Å². The Morgan fingerprint density at radius 1 is 0.356 bits per heavy atom. The minimum atomic E-state index is 0.537. The standard InChI is InChI=1S/C52H31N7/c53-32-34-21-24-48-41(27-34)42-28-35(33-54)22-25-49(42)59(48)50-26-23-40(52-56-44(36-13-5-1-6-14-36)30-45(57-52)37-15-7-2-8-16-37)29-43(50)47-31-46(38-17-9-3-10-18-38)55-51(58-47)39-19-11-4-12-20-39/h1-31H. The Morgan fingerprint density at radius 3 is 1.22 bits per heavy atom. The summed E-state index contributed by atoms with van der Waals surface area (Å²) in [7, 11) is 0. The number of fused-ring (bicyclic) bond motifs is 3. The monoisotopic (exact) mass is 753 g/mol. The van der Waals surface area contributed by atoms with Crippen LogP contribution in [0.1, 0.15) is 11.1 Å². The van der Waals surface area contributed by atoms with Crippen LogP contribution in [0.25, 0.3) is 95.3 Å². The lowest BCUT2D eigenvalue weighted by Gasteiger charge is -2.17. The minimum absolute atomic E-state index is 0.537. The highest BCUT2D eigenvalue weighted by molar-refractivity contribution is 6.10. The summed E-state index contributed by atoms with van der Waals surface area (Å²) in [6.45, 7) is 0. The number of nitriles is 2. The molecule has 0 fully saturated rings. The fraction of sp³-hybridized carbons (Fsp3) is 0. The third-order valence-corrected chi connectivity index (χ3v) is 10.5. The summed E-state index contributed by atoms with van der Waals surface area (Å²) in [6.07, 6.45) is 0. The van der Waals surface area contributed by atoms with Crippen LogP contribution in [-0.4, -0.2) is 24.5 Å². The van der Waals surface area contributed by atoms with Gasteiger partial charge in [0.2, 0.25) is 0 Å². The average Bonchev–Trinajstić information content (AvgIpc) is 3.64. The van der Waals surface area contributed by atoms with E-state index >= 15 is 0 Å². The first-order chi connectivity index (χ1) is 29.1. The van der Waals surface area contributed by atoms with Gasteiger partial charge in [-0.1, -0.05) is 121 Å². The Hall–Kier alpha value is -8.52. The number of nitrogens with zero attached hydrogens (tertiary/aromatic N) is 7. The molecule has 7 aromatic carbocycles. The average molecular weight is 754 g/mol. The molecule has 0 bridgehead atoms. The molecule has 10 rings (SSSR count). The Kier molecular flexibility index (Phi) is 8.80. The summed E-state index contributed by atoms with van der Waals surface area (Å²) in [5.74, 6) is 1.16. The first kappa shape index (κ1) is 34.9. The minimum Gasteiger partial charge on any atom is -0.309 e. The zero-order valence-electron chi connectivity index (χ0n) is 31.5. The van der Waals surface area contributed by atoms with E-state index in [1.54, 1.807) is 0 Å². The Labute approximate surface area is 340 Å². The van der Waals surface area contributed by atoms with E-state index in [1.807, 2.05) is 133 Å². The van der Waals surface area contributed by atoms with Gasteiger partial charge in [0.1, 0.15) is 0 Å². The largest absolute Gasteiger partial charge is 0.309 e. The topological polar surface area (TPSA) is 104 Å². The van der Waals surface area contributed by atoms with Crippen LogP contribution in [0.4, 0.5) is 0 Å². The van der Waals surface area contributed by atoms with Crippen molar-refractivity contribution in [2.45, 2.75) is 0 Å². The van der Waals surface area contributed by atoms with E-state index in [1.165, 1.54) is 0 Å². The van der Waals surface area contributed by atoms with Crippen molar-refractivity contribution >= 4 is 21.8 Å². The molecule has 0 saturated carbocycles. The molecular weight excluding hydrogens is 723 g/mol. The molecule has 7 heteroatoms. The molecule has 7 nitrogen and oxygen atoms in total. The summed E-state index contributed by atoms with van der Waals surface area (Å²) < 4.78 is 2.19. The van der Waals surface area contributed by atoms with Gasteiger partial charge in [0, 0.05) is 44.2 Å². The van der Waals surface area contributed by atoms with Gasteiger partial charge in [-0.25, -0.2) is 19.9 Å².